The van der Waals surface area contributed by atoms with Gasteiger partial charge in [-0.25, -0.2) is 4.39 Å². The Morgan fingerprint density at radius 3 is 2.91 bits per heavy atom. The number of piperazine rings is 1. The predicted octanol–water partition coefficient (Wildman–Crippen LogP) is 1.88. The average molecular weight is 301 g/mol. The predicted molar refractivity (Wildman–Crippen MR) is 77.7 cm³/mol. The summed E-state index contributed by atoms with van der Waals surface area (Å²) in [6, 6.07) is 6.29. The normalized spacial score (nSPS) is 19.2. The second-order valence-electron chi connectivity index (χ2n) is 5.40. The van der Waals surface area contributed by atoms with E-state index < -0.39 is 5.82 Å². The maximum absolute atomic E-state index is 13.3. The number of aryl methyl sites for hydroxylation is 1. The summed E-state index contributed by atoms with van der Waals surface area (Å²) in [6.45, 7) is 3.93. The molecule has 1 saturated heterocycles. The Kier molecular flexibility index (Phi) is 3.77. The molecule has 0 radical (unpaired) electrons. The topological polar surface area (TPSA) is 69.2 Å². The lowest BCUT2D eigenvalue weighted by Gasteiger charge is -2.39. The fourth-order valence-corrected chi connectivity index (χ4v) is 2.68. The first kappa shape index (κ1) is 14.5. The van der Waals surface area contributed by atoms with E-state index in [0.717, 1.165) is 18.8 Å². The monoisotopic (exact) mass is 301 g/mol. The van der Waals surface area contributed by atoms with Crippen molar-refractivity contribution in [2.75, 3.05) is 31.6 Å². The fraction of sp³-hybridized carbons (Fsp3) is 0.400. The van der Waals surface area contributed by atoms with Crippen LogP contribution in [0.3, 0.4) is 0 Å². The summed E-state index contributed by atoms with van der Waals surface area (Å²) < 4.78 is 18.6. The molecule has 1 fully saturated rings. The number of nitriles is 1. The molecule has 1 atom stereocenters. The first-order chi connectivity index (χ1) is 10.6. The van der Waals surface area contributed by atoms with Gasteiger partial charge < -0.3 is 9.42 Å². The van der Waals surface area contributed by atoms with E-state index in [1.54, 1.807) is 13.0 Å². The molecular weight excluding hydrogens is 285 g/mol. The highest BCUT2D eigenvalue weighted by molar-refractivity contribution is 5.59. The van der Waals surface area contributed by atoms with Gasteiger partial charge in [0.25, 0.3) is 0 Å². The number of benzene rings is 1. The van der Waals surface area contributed by atoms with Crippen molar-refractivity contribution in [3.05, 3.63) is 41.3 Å². The van der Waals surface area contributed by atoms with Crippen molar-refractivity contribution < 1.29 is 8.91 Å². The molecule has 0 aliphatic carbocycles. The minimum Gasteiger partial charge on any atom is -0.367 e. The highest BCUT2D eigenvalue weighted by atomic mass is 19.1. The SMILES string of the molecule is Cc1noc(C2CN(c3ccc(F)cc3C#N)CCN2C)n1. The molecule has 1 aliphatic heterocycles. The van der Waals surface area contributed by atoms with Crippen LogP contribution in [0.2, 0.25) is 0 Å². The van der Waals surface area contributed by atoms with Crippen LogP contribution in [0.15, 0.2) is 22.7 Å². The minimum absolute atomic E-state index is 0.0495. The molecule has 1 aliphatic rings. The maximum atomic E-state index is 13.3. The van der Waals surface area contributed by atoms with Crippen LogP contribution in [0.4, 0.5) is 10.1 Å². The third-order valence-corrected chi connectivity index (χ3v) is 3.90. The standard InChI is InChI=1S/C15H16FN5O/c1-10-18-15(22-19-10)14-9-21(6-5-20(14)2)13-4-3-12(16)7-11(13)8-17/h3-4,7,14H,5-6,9H2,1-2H3. The molecule has 0 bridgehead atoms. The quantitative estimate of drug-likeness (QED) is 0.843. The highest BCUT2D eigenvalue weighted by Gasteiger charge is 2.30. The van der Waals surface area contributed by atoms with Gasteiger partial charge in [0.05, 0.1) is 11.3 Å². The smallest absolute Gasteiger partial charge is 0.245 e. The Morgan fingerprint density at radius 1 is 1.41 bits per heavy atom. The third-order valence-electron chi connectivity index (χ3n) is 3.90. The molecule has 0 amide bonds. The zero-order valence-corrected chi connectivity index (χ0v) is 12.5. The van der Waals surface area contributed by atoms with Gasteiger partial charge in [-0.3, -0.25) is 4.90 Å². The molecule has 0 N–H and O–H groups in total. The lowest BCUT2D eigenvalue weighted by molar-refractivity contribution is 0.177. The Hall–Kier alpha value is -2.46. The van der Waals surface area contributed by atoms with E-state index in [2.05, 4.69) is 26.0 Å². The summed E-state index contributed by atoms with van der Waals surface area (Å²) >= 11 is 0. The average Bonchev–Trinajstić information content (AvgIpc) is 2.94. The zero-order valence-electron chi connectivity index (χ0n) is 12.5. The van der Waals surface area contributed by atoms with Crippen LogP contribution in [0.25, 0.3) is 0 Å². The van der Waals surface area contributed by atoms with E-state index in [-0.39, 0.29) is 6.04 Å². The van der Waals surface area contributed by atoms with Crippen molar-refractivity contribution in [1.82, 2.24) is 15.0 Å². The molecule has 0 spiro atoms. The van der Waals surface area contributed by atoms with Gasteiger partial charge >= 0.3 is 0 Å². The number of nitrogens with zero attached hydrogens (tertiary/aromatic N) is 5. The second-order valence-corrected chi connectivity index (χ2v) is 5.40. The molecule has 1 aromatic carbocycles. The lowest BCUT2D eigenvalue weighted by atomic mass is 10.1. The van der Waals surface area contributed by atoms with Crippen molar-refractivity contribution in [2.45, 2.75) is 13.0 Å². The Morgan fingerprint density at radius 2 is 2.23 bits per heavy atom. The van der Waals surface area contributed by atoms with Crippen LogP contribution >= 0.6 is 0 Å². The van der Waals surface area contributed by atoms with Gasteiger partial charge in [0, 0.05) is 19.6 Å². The van der Waals surface area contributed by atoms with E-state index in [0.29, 0.717) is 23.8 Å². The summed E-state index contributed by atoms with van der Waals surface area (Å²) in [5.41, 5.74) is 1.07. The number of likely N-dealkylation sites (N-methyl/N-ethyl adjacent to an activating group) is 1. The molecule has 2 heterocycles. The van der Waals surface area contributed by atoms with E-state index in [9.17, 15) is 9.65 Å². The summed E-state index contributed by atoms with van der Waals surface area (Å²) in [6.07, 6.45) is 0. The van der Waals surface area contributed by atoms with Crippen LogP contribution < -0.4 is 4.90 Å². The lowest BCUT2D eigenvalue weighted by Crippen LogP contribution is -2.47. The molecule has 114 valence electrons. The van der Waals surface area contributed by atoms with Crippen LogP contribution in [-0.4, -0.2) is 41.7 Å². The van der Waals surface area contributed by atoms with E-state index in [1.165, 1.54) is 12.1 Å². The molecular formula is C15H16FN5O. The van der Waals surface area contributed by atoms with Crippen LogP contribution in [0.5, 0.6) is 0 Å². The summed E-state index contributed by atoms with van der Waals surface area (Å²) in [5, 5.41) is 13.1. The highest BCUT2D eigenvalue weighted by Crippen LogP contribution is 2.28. The maximum Gasteiger partial charge on any atom is 0.245 e. The summed E-state index contributed by atoms with van der Waals surface area (Å²) in [4.78, 5) is 8.49. The molecule has 22 heavy (non-hydrogen) atoms. The third kappa shape index (κ3) is 2.65. The van der Waals surface area contributed by atoms with Crippen molar-refractivity contribution in [2.24, 2.45) is 0 Å². The van der Waals surface area contributed by atoms with Crippen LogP contribution in [0.1, 0.15) is 23.3 Å². The van der Waals surface area contributed by atoms with Gasteiger partial charge in [0.15, 0.2) is 5.82 Å². The number of hydrogen-bond acceptors (Lipinski definition) is 6. The summed E-state index contributed by atoms with van der Waals surface area (Å²) in [5.74, 6) is 0.754. The second kappa shape index (κ2) is 5.73. The number of halogens is 1. The zero-order chi connectivity index (χ0) is 15.7. The Balaban J connectivity index is 1.89. The molecule has 3 rings (SSSR count). The fourth-order valence-electron chi connectivity index (χ4n) is 2.68. The van der Waals surface area contributed by atoms with Crippen molar-refractivity contribution in [3.63, 3.8) is 0 Å². The van der Waals surface area contributed by atoms with Crippen molar-refractivity contribution in [1.29, 1.82) is 5.26 Å². The summed E-state index contributed by atoms with van der Waals surface area (Å²) in [7, 11) is 2.00. The molecule has 6 nitrogen and oxygen atoms in total. The van der Waals surface area contributed by atoms with E-state index in [1.807, 2.05) is 7.05 Å². The molecule has 1 aromatic heterocycles. The first-order valence-corrected chi connectivity index (χ1v) is 7.03. The molecule has 0 saturated carbocycles. The van der Waals surface area contributed by atoms with E-state index >= 15 is 0 Å². The van der Waals surface area contributed by atoms with E-state index in [4.69, 9.17) is 4.52 Å². The largest absolute Gasteiger partial charge is 0.367 e. The first-order valence-electron chi connectivity index (χ1n) is 7.03. The number of aromatic nitrogens is 2. The van der Waals surface area contributed by atoms with Gasteiger partial charge in [-0.15, -0.1) is 0 Å². The van der Waals surface area contributed by atoms with Gasteiger partial charge in [-0.2, -0.15) is 10.2 Å². The number of rotatable bonds is 2. The van der Waals surface area contributed by atoms with Crippen LogP contribution in [0, 0.1) is 24.1 Å². The van der Waals surface area contributed by atoms with Crippen molar-refractivity contribution >= 4 is 5.69 Å². The van der Waals surface area contributed by atoms with Gasteiger partial charge in [-0.1, -0.05) is 5.16 Å². The van der Waals surface area contributed by atoms with Crippen LogP contribution in [-0.2, 0) is 0 Å². The molecule has 1 unspecified atom stereocenters. The Bertz CT molecular complexity index is 723. The Labute approximate surface area is 127 Å². The minimum atomic E-state index is -0.404. The molecule has 7 heteroatoms. The number of anilines is 1. The number of hydrogen-bond donors (Lipinski definition) is 0. The van der Waals surface area contributed by atoms with Crippen molar-refractivity contribution in [3.8, 4) is 6.07 Å². The molecule has 2 aromatic rings. The van der Waals surface area contributed by atoms with Gasteiger partial charge in [0.1, 0.15) is 17.9 Å². The van der Waals surface area contributed by atoms with Gasteiger partial charge in [0.2, 0.25) is 5.89 Å². The van der Waals surface area contributed by atoms with Gasteiger partial charge in [-0.05, 0) is 32.2 Å².